The van der Waals surface area contributed by atoms with E-state index in [2.05, 4.69) is 10.6 Å². The molecule has 0 saturated carbocycles. The van der Waals surface area contributed by atoms with Crippen LogP contribution in [-0.4, -0.2) is 17.9 Å². The lowest BCUT2D eigenvalue weighted by molar-refractivity contribution is -0.117. The molecule has 0 aliphatic carbocycles. The van der Waals surface area contributed by atoms with Gasteiger partial charge in [0.25, 0.3) is 0 Å². The first-order chi connectivity index (χ1) is 8.02. The summed E-state index contributed by atoms with van der Waals surface area (Å²) in [5.74, 6) is -0.383. The van der Waals surface area contributed by atoms with E-state index in [0.29, 0.717) is 17.8 Å². The Bertz CT molecular complexity index is 418. The third-order valence-electron chi connectivity index (χ3n) is 2.23. The standard InChI is InChI=1S/C12H17N3O2/c1-3-11(13)12(17)15-10-6-4-5-9(7-10)14-8(2)16/h4-7,11H,3,13H2,1-2H3,(H,14,16)(H,15,17). The molecular weight excluding hydrogens is 218 g/mol. The van der Waals surface area contributed by atoms with Gasteiger partial charge in [-0.05, 0) is 24.6 Å². The maximum absolute atomic E-state index is 11.6. The summed E-state index contributed by atoms with van der Waals surface area (Å²) in [6.45, 7) is 3.27. The summed E-state index contributed by atoms with van der Waals surface area (Å²) in [6.07, 6.45) is 0.581. The molecule has 92 valence electrons. The highest BCUT2D eigenvalue weighted by Crippen LogP contribution is 2.15. The predicted octanol–water partition coefficient (Wildman–Crippen LogP) is 1.32. The Hall–Kier alpha value is -1.88. The van der Waals surface area contributed by atoms with Crippen molar-refractivity contribution in [2.75, 3.05) is 10.6 Å². The van der Waals surface area contributed by atoms with Crippen LogP contribution < -0.4 is 16.4 Å². The Morgan fingerprint density at radius 3 is 2.41 bits per heavy atom. The number of rotatable bonds is 4. The van der Waals surface area contributed by atoms with Gasteiger partial charge in [-0.1, -0.05) is 13.0 Å². The molecular formula is C12H17N3O2. The minimum atomic E-state index is -0.514. The van der Waals surface area contributed by atoms with Crippen LogP contribution in [0.2, 0.25) is 0 Å². The van der Waals surface area contributed by atoms with Crippen molar-refractivity contribution in [3.63, 3.8) is 0 Å². The van der Waals surface area contributed by atoms with E-state index in [1.165, 1.54) is 6.92 Å². The van der Waals surface area contributed by atoms with Crippen LogP contribution in [-0.2, 0) is 9.59 Å². The second kappa shape index (κ2) is 6.00. The predicted molar refractivity (Wildman–Crippen MR) is 67.6 cm³/mol. The summed E-state index contributed by atoms with van der Waals surface area (Å²) in [5.41, 5.74) is 6.86. The molecule has 5 heteroatoms. The Morgan fingerprint density at radius 1 is 1.29 bits per heavy atom. The molecule has 1 aromatic rings. The normalized spacial score (nSPS) is 11.7. The van der Waals surface area contributed by atoms with Gasteiger partial charge in [0.2, 0.25) is 11.8 Å². The highest BCUT2D eigenvalue weighted by Gasteiger charge is 2.10. The first-order valence-electron chi connectivity index (χ1n) is 5.47. The van der Waals surface area contributed by atoms with E-state index in [9.17, 15) is 9.59 Å². The Balaban J connectivity index is 2.72. The number of anilines is 2. The summed E-state index contributed by atoms with van der Waals surface area (Å²) < 4.78 is 0. The van der Waals surface area contributed by atoms with Crippen LogP contribution in [0.3, 0.4) is 0 Å². The van der Waals surface area contributed by atoms with Gasteiger partial charge in [-0.2, -0.15) is 0 Å². The number of benzene rings is 1. The summed E-state index contributed by atoms with van der Waals surface area (Å²) in [6, 6.07) is 6.40. The minimum Gasteiger partial charge on any atom is -0.326 e. The molecule has 0 aromatic heterocycles. The molecule has 1 unspecified atom stereocenters. The molecule has 2 amide bonds. The molecule has 0 aliphatic rings. The number of nitrogens with two attached hydrogens (primary N) is 1. The molecule has 1 aromatic carbocycles. The monoisotopic (exact) mass is 235 g/mol. The summed E-state index contributed by atoms with van der Waals surface area (Å²) >= 11 is 0. The van der Waals surface area contributed by atoms with Crippen molar-refractivity contribution in [1.82, 2.24) is 0 Å². The van der Waals surface area contributed by atoms with Gasteiger partial charge in [0.05, 0.1) is 6.04 Å². The largest absolute Gasteiger partial charge is 0.326 e. The third-order valence-corrected chi connectivity index (χ3v) is 2.23. The van der Waals surface area contributed by atoms with Crippen molar-refractivity contribution in [2.24, 2.45) is 5.73 Å². The number of amides is 2. The first-order valence-corrected chi connectivity index (χ1v) is 5.47. The van der Waals surface area contributed by atoms with Gasteiger partial charge in [0.15, 0.2) is 0 Å². The van der Waals surface area contributed by atoms with Crippen molar-refractivity contribution < 1.29 is 9.59 Å². The van der Waals surface area contributed by atoms with E-state index in [-0.39, 0.29) is 11.8 Å². The fourth-order valence-corrected chi connectivity index (χ4v) is 1.30. The lowest BCUT2D eigenvalue weighted by Gasteiger charge is -2.11. The van der Waals surface area contributed by atoms with E-state index in [1.54, 1.807) is 24.3 Å². The Morgan fingerprint density at radius 2 is 1.88 bits per heavy atom. The first kappa shape index (κ1) is 13.2. The number of nitrogens with one attached hydrogen (secondary N) is 2. The molecule has 17 heavy (non-hydrogen) atoms. The summed E-state index contributed by atoms with van der Waals surface area (Å²) in [4.78, 5) is 22.4. The van der Waals surface area contributed by atoms with Gasteiger partial charge in [-0.3, -0.25) is 9.59 Å². The number of hydrogen-bond acceptors (Lipinski definition) is 3. The van der Waals surface area contributed by atoms with Gasteiger partial charge < -0.3 is 16.4 Å². The summed E-state index contributed by atoms with van der Waals surface area (Å²) in [7, 11) is 0. The van der Waals surface area contributed by atoms with Crippen LogP contribution in [0.4, 0.5) is 11.4 Å². The van der Waals surface area contributed by atoms with Gasteiger partial charge in [-0.25, -0.2) is 0 Å². The van der Waals surface area contributed by atoms with Crippen LogP contribution in [0.25, 0.3) is 0 Å². The van der Waals surface area contributed by atoms with Crippen LogP contribution in [0, 0.1) is 0 Å². The Kier molecular flexibility index (Phi) is 4.66. The highest BCUT2D eigenvalue weighted by molar-refractivity contribution is 5.96. The van der Waals surface area contributed by atoms with E-state index < -0.39 is 6.04 Å². The fourth-order valence-electron chi connectivity index (χ4n) is 1.30. The van der Waals surface area contributed by atoms with Crippen LogP contribution in [0.5, 0.6) is 0 Å². The second-order valence-electron chi connectivity index (χ2n) is 3.77. The fraction of sp³-hybridized carbons (Fsp3) is 0.333. The average molecular weight is 235 g/mol. The van der Waals surface area contributed by atoms with Crippen molar-refractivity contribution in [3.05, 3.63) is 24.3 Å². The molecule has 4 N–H and O–H groups in total. The van der Waals surface area contributed by atoms with Gasteiger partial charge in [0.1, 0.15) is 0 Å². The topological polar surface area (TPSA) is 84.2 Å². The number of carbonyl (C=O) groups is 2. The minimum absolute atomic E-state index is 0.154. The Labute approximate surface area is 100 Å². The third kappa shape index (κ3) is 4.24. The maximum atomic E-state index is 11.6. The summed E-state index contributed by atoms with van der Waals surface area (Å²) in [5, 5.41) is 5.33. The zero-order valence-corrected chi connectivity index (χ0v) is 9.99. The van der Waals surface area contributed by atoms with Crippen LogP contribution in [0.1, 0.15) is 20.3 Å². The van der Waals surface area contributed by atoms with Crippen molar-refractivity contribution in [1.29, 1.82) is 0 Å². The molecule has 0 heterocycles. The number of hydrogen-bond donors (Lipinski definition) is 3. The quantitative estimate of drug-likeness (QED) is 0.735. The van der Waals surface area contributed by atoms with E-state index >= 15 is 0 Å². The molecule has 1 rings (SSSR count). The lowest BCUT2D eigenvalue weighted by atomic mass is 10.2. The SMILES string of the molecule is CCC(N)C(=O)Nc1cccc(NC(C)=O)c1. The van der Waals surface area contributed by atoms with Gasteiger partial charge >= 0.3 is 0 Å². The highest BCUT2D eigenvalue weighted by atomic mass is 16.2. The molecule has 0 bridgehead atoms. The lowest BCUT2D eigenvalue weighted by Crippen LogP contribution is -2.34. The molecule has 0 radical (unpaired) electrons. The average Bonchev–Trinajstić information content (AvgIpc) is 2.27. The zero-order valence-electron chi connectivity index (χ0n) is 9.99. The molecule has 0 saturated heterocycles. The van der Waals surface area contributed by atoms with Crippen molar-refractivity contribution >= 4 is 23.2 Å². The van der Waals surface area contributed by atoms with Crippen LogP contribution >= 0.6 is 0 Å². The van der Waals surface area contributed by atoms with Gasteiger partial charge in [0, 0.05) is 18.3 Å². The molecule has 1 atom stereocenters. The van der Waals surface area contributed by atoms with Crippen LogP contribution in [0.15, 0.2) is 24.3 Å². The molecule has 0 spiro atoms. The van der Waals surface area contributed by atoms with Gasteiger partial charge in [-0.15, -0.1) is 0 Å². The smallest absolute Gasteiger partial charge is 0.241 e. The van der Waals surface area contributed by atoms with Crippen molar-refractivity contribution in [3.8, 4) is 0 Å². The molecule has 0 aliphatic heterocycles. The van der Waals surface area contributed by atoms with E-state index in [0.717, 1.165) is 0 Å². The molecule has 0 fully saturated rings. The van der Waals surface area contributed by atoms with E-state index in [1.807, 2.05) is 6.92 Å². The second-order valence-corrected chi connectivity index (χ2v) is 3.77. The number of carbonyl (C=O) groups excluding carboxylic acids is 2. The van der Waals surface area contributed by atoms with Crippen molar-refractivity contribution in [2.45, 2.75) is 26.3 Å². The zero-order chi connectivity index (χ0) is 12.8. The van der Waals surface area contributed by atoms with E-state index in [4.69, 9.17) is 5.73 Å². The molecule has 5 nitrogen and oxygen atoms in total. The maximum Gasteiger partial charge on any atom is 0.241 e.